The van der Waals surface area contributed by atoms with Crippen LogP contribution in [-0.4, -0.2) is 23.4 Å². The molecular formula is C38H29FeN3O3+2. The van der Waals surface area contributed by atoms with Gasteiger partial charge in [0.1, 0.15) is 17.4 Å². The monoisotopic (exact) mass is 631 g/mol. The fourth-order valence-electron chi connectivity index (χ4n) is 5.18. The SMILES string of the molecule is C(#Cc1cc2ccc3cccc4ccc(c1)c2c34)[C]1[CH][CH][CH][CH]1.CC(=O)Nc1cc(OC[C]2[CH][CH][CH][CH]2)cc(NC(C)=O)n1.[Fe+2]. The third kappa shape index (κ3) is 8.14. The molecule has 4 aromatic carbocycles. The van der Waals surface area contributed by atoms with Crippen molar-refractivity contribution in [2.75, 3.05) is 17.2 Å². The molecule has 6 nitrogen and oxygen atoms in total. The summed E-state index contributed by atoms with van der Waals surface area (Å²) >= 11 is 0. The number of rotatable bonds is 5. The van der Waals surface area contributed by atoms with Crippen LogP contribution in [0.1, 0.15) is 19.4 Å². The number of pyridine rings is 1. The summed E-state index contributed by atoms with van der Waals surface area (Å²) in [4.78, 5) is 26.4. The molecule has 0 bridgehead atoms. The van der Waals surface area contributed by atoms with E-state index in [1.165, 1.54) is 46.2 Å². The molecule has 45 heavy (non-hydrogen) atoms. The minimum absolute atomic E-state index is 0. The Morgan fingerprint density at radius 2 is 1.20 bits per heavy atom. The smallest absolute Gasteiger partial charge is 0.493 e. The molecule has 2 aliphatic carbocycles. The zero-order chi connectivity index (χ0) is 30.5. The summed E-state index contributed by atoms with van der Waals surface area (Å²) in [6, 6.07) is 22.9. The number of ether oxygens (including phenoxy) is 1. The molecule has 0 saturated heterocycles. The predicted molar refractivity (Wildman–Crippen MR) is 176 cm³/mol. The van der Waals surface area contributed by atoms with Crippen molar-refractivity contribution in [3.8, 4) is 17.6 Å². The van der Waals surface area contributed by atoms with Crippen LogP contribution in [0.5, 0.6) is 5.75 Å². The van der Waals surface area contributed by atoms with Crippen LogP contribution in [0.4, 0.5) is 11.6 Å². The second-order valence-corrected chi connectivity index (χ2v) is 10.4. The molecule has 7 rings (SSSR count). The Morgan fingerprint density at radius 1 is 0.689 bits per heavy atom. The zero-order valence-electron chi connectivity index (χ0n) is 24.7. The topological polar surface area (TPSA) is 80.3 Å². The van der Waals surface area contributed by atoms with E-state index in [0.29, 0.717) is 24.0 Å². The van der Waals surface area contributed by atoms with Gasteiger partial charge in [-0.2, -0.15) is 0 Å². The Labute approximate surface area is 275 Å². The summed E-state index contributed by atoms with van der Waals surface area (Å²) in [7, 11) is 0. The number of aromatic nitrogens is 1. The van der Waals surface area contributed by atoms with E-state index in [-0.39, 0.29) is 28.9 Å². The molecule has 2 fully saturated rings. The van der Waals surface area contributed by atoms with Crippen LogP contribution in [0, 0.1) is 75.0 Å². The average molecular weight is 632 g/mol. The summed E-state index contributed by atoms with van der Waals surface area (Å²) in [6.45, 7) is 3.17. The van der Waals surface area contributed by atoms with E-state index in [1.807, 2.05) is 51.4 Å². The Kier molecular flexibility index (Phi) is 10.6. The maximum absolute atomic E-state index is 11.1. The van der Waals surface area contributed by atoms with Crippen LogP contribution in [0.2, 0.25) is 0 Å². The van der Waals surface area contributed by atoms with Crippen molar-refractivity contribution < 1.29 is 31.4 Å². The van der Waals surface area contributed by atoms with Gasteiger partial charge in [0.05, 0.1) is 12.5 Å². The van der Waals surface area contributed by atoms with E-state index in [0.717, 1.165) is 17.4 Å². The number of nitrogens with zero attached hydrogens (tertiary/aromatic N) is 1. The largest absolute Gasteiger partial charge is 2.00 e. The number of carbonyl (C=O) groups is 2. The summed E-state index contributed by atoms with van der Waals surface area (Å²) < 4.78 is 5.65. The second-order valence-electron chi connectivity index (χ2n) is 10.4. The first-order valence-corrected chi connectivity index (χ1v) is 14.2. The second kappa shape index (κ2) is 14.8. The predicted octanol–water partition coefficient (Wildman–Crippen LogP) is 7.12. The van der Waals surface area contributed by atoms with Gasteiger partial charge in [-0.25, -0.2) is 4.98 Å². The normalized spacial score (nSPS) is 14.8. The van der Waals surface area contributed by atoms with E-state index in [9.17, 15) is 9.59 Å². The third-order valence-corrected chi connectivity index (χ3v) is 7.02. The van der Waals surface area contributed by atoms with E-state index in [4.69, 9.17) is 4.74 Å². The van der Waals surface area contributed by atoms with Gasteiger partial charge in [-0.15, -0.1) is 0 Å². The fourth-order valence-corrected chi connectivity index (χ4v) is 5.18. The van der Waals surface area contributed by atoms with Crippen LogP contribution in [0.15, 0.2) is 66.7 Å². The number of hydrogen-bond donors (Lipinski definition) is 2. The van der Waals surface area contributed by atoms with Crippen molar-refractivity contribution in [2.45, 2.75) is 13.8 Å². The first-order valence-electron chi connectivity index (χ1n) is 14.2. The van der Waals surface area contributed by atoms with Crippen LogP contribution in [0.25, 0.3) is 32.3 Å². The number of nitrogens with one attached hydrogen (secondary N) is 2. The fraction of sp³-hybridized carbons (Fsp3) is 0.0789. The molecule has 2 aliphatic rings. The molecule has 7 heteroatoms. The Morgan fingerprint density at radius 3 is 1.76 bits per heavy atom. The number of amides is 2. The van der Waals surface area contributed by atoms with Crippen molar-refractivity contribution >= 4 is 55.8 Å². The van der Waals surface area contributed by atoms with Crippen molar-refractivity contribution in [3.05, 3.63) is 135 Å². The van der Waals surface area contributed by atoms with Crippen molar-refractivity contribution in [2.24, 2.45) is 0 Å². The number of anilines is 2. The first-order chi connectivity index (χ1) is 21.4. The van der Waals surface area contributed by atoms with Gasteiger partial charge >= 0.3 is 17.1 Å². The van der Waals surface area contributed by atoms with Gasteiger partial charge in [-0.05, 0) is 95.8 Å². The number of hydrogen-bond acceptors (Lipinski definition) is 4. The summed E-state index contributed by atoms with van der Waals surface area (Å²) in [6.07, 6.45) is 15.9. The minimum atomic E-state index is -0.246. The van der Waals surface area contributed by atoms with Gasteiger partial charge in [-0.1, -0.05) is 54.3 Å². The van der Waals surface area contributed by atoms with Gasteiger partial charge in [0.15, 0.2) is 0 Å². The maximum atomic E-state index is 11.1. The standard InChI is InChI=1S/C23H13.C15H16N3O3.Fe/c1-2-5-16(4-1)8-9-17-14-20-12-10-18-6-3-7-19-11-13-21(15-17)23(20)22(18)19;1-10(19)16-14-7-13(8-15(18-14)17-11(2)20)21-9-12-5-3-4-6-12;/h1-7,10-15H;3-8H,9H2,1-2H3,(H2,16,17,18,19,20);/q;;+2. The number of carbonyl (C=O) groups excluding carboxylic acids is 2. The van der Waals surface area contributed by atoms with E-state index in [2.05, 4.69) is 82.1 Å². The van der Waals surface area contributed by atoms with Gasteiger partial charge < -0.3 is 15.4 Å². The van der Waals surface area contributed by atoms with Gasteiger partial charge in [0.25, 0.3) is 0 Å². The summed E-state index contributed by atoms with van der Waals surface area (Å²) in [5.41, 5.74) is 1.07. The Hall–Kier alpha value is -4.11. The molecule has 2 N–H and O–H groups in total. The van der Waals surface area contributed by atoms with Crippen LogP contribution >= 0.6 is 0 Å². The van der Waals surface area contributed by atoms with E-state index < -0.39 is 0 Å². The van der Waals surface area contributed by atoms with Crippen molar-refractivity contribution in [3.63, 3.8) is 0 Å². The summed E-state index contributed by atoms with van der Waals surface area (Å²) in [5.74, 6) is 9.31. The third-order valence-electron chi connectivity index (χ3n) is 7.02. The molecule has 2 amide bonds. The molecule has 1 heterocycles. The van der Waals surface area contributed by atoms with Crippen LogP contribution in [-0.2, 0) is 26.7 Å². The van der Waals surface area contributed by atoms with Crippen LogP contribution in [0.3, 0.4) is 0 Å². The van der Waals surface area contributed by atoms with Gasteiger partial charge in [-0.3, -0.25) is 9.59 Å². The summed E-state index contributed by atoms with van der Waals surface area (Å²) in [5, 5.41) is 13.0. The van der Waals surface area contributed by atoms with Crippen LogP contribution < -0.4 is 15.4 Å². The molecule has 10 radical (unpaired) electrons. The maximum Gasteiger partial charge on any atom is 2.00 e. The Bertz CT molecular complexity index is 1770. The zero-order valence-corrected chi connectivity index (χ0v) is 25.8. The van der Waals surface area contributed by atoms with Gasteiger partial charge in [0, 0.05) is 37.5 Å². The molecule has 220 valence electrons. The van der Waals surface area contributed by atoms with E-state index >= 15 is 0 Å². The van der Waals surface area contributed by atoms with Gasteiger partial charge in [0.2, 0.25) is 11.8 Å². The quantitative estimate of drug-likeness (QED) is 0.123. The van der Waals surface area contributed by atoms with E-state index in [1.54, 1.807) is 12.1 Å². The molecule has 2 saturated carbocycles. The first kappa shape index (κ1) is 32.3. The van der Waals surface area contributed by atoms with Crippen molar-refractivity contribution in [1.82, 2.24) is 4.98 Å². The minimum Gasteiger partial charge on any atom is -0.493 e. The molecule has 1 aromatic heterocycles. The van der Waals surface area contributed by atoms with Crippen molar-refractivity contribution in [1.29, 1.82) is 0 Å². The average Bonchev–Trinajstić information content (AvgIpc) is 3.72. The molecule has 5 aromatic rings. The molecule has 0 atom stereocenters. The number of benzene rings is 4. The molecular weight excluding hydrogens is 602 g/mol. The Balaban J connectivity index is 0.000000175. The molecule has 0 aliphatic heterocycles. The molecule has 0 unspecified atom stereocenters. The molecule has 0 spiro atoms.